The SMILES string of the molecule is COC(=O)C1=C(C)NC2=C(C(=O)CCC2)[C@@H]1c1cnn(C)c1C. The third kappa shape index (κ3) is 2.38. The molecule has 6 nitrogen and oxygen atoms in total. The first kappa shape index (κ1) is 15.5. The number of nitrogens with one attached hydrogen (secondary N) is 1. The second kappa shape index (κ2) is 5.68. The number of dihydropyridines is 1. The van der Waals surface area contributed by atoms with Crippen LogP contribution in [0.3, 0.4) is 0 Å². The summed E-state index contributed by atoms with van der Waals surface area (Å²) in [6.07, 6.45) is 3.92. The average Bonchev–Trinajstić information content (AvgIpc) is 2.85. The van der Waals surface area contributed by atoms with Gasteiger partial charge in [-0.3, -0.25) is 9.48 Å². The quantitative estimate of drug-likeness (QED) is 0.844. The van der Waals surface area contributed by atoms with Crippen LogP contribution in [0.2, 0.25) is 0 Å². The highest BCUT2D eigenvalue weighted by atomic mass is 16.5. The van der Waals surface area contributed by atoms with E-state index in [0.29, 0.717) is 17.6 Å². The van der Waals surface area contributed by atoms with E-state index in [1.54, 1.807) is 10.9 Å². The fraction of sp³-hybridized carbons (Fsp3) is 0.471. The van der Waals surface area contributed by atoms with E-state index in [1.807, 2.05) is 20.9 Å². The minimum atomic E-state index is -0.409. The van der Waals surface area contributed by atoms with Crippen LogP contribution in [0.4, 0.5) is 0 Å². The maximum Gasteiger partial charge on any atom is 0.336 e. The van der Waals surface area contributed by atoms with Gasteiger partial charge in [-0.05, 0) is 26.7 Å². The van der Waals surface area contributed by atoms with Gasteiger partial charge in [0.2, 0.25) is 0 Å². The van der Waals surface area contributed by atoms with Crippen molar-refractivity contribution in [3.05, 3.63) is 40.0 Å². The topological polar surface area (TPSA) is 73.2 Å². The first-order chi connectivity index (χ1) is 11.0. The normalized spacial score (nSPS) is 21.2. The summed E-state index contributed by atoms with van der Waals surface area (Å²) in [6, 6.07) is 0. The molecule has 0 fully saturated rings. The molecule has 1 N–H and O–H groups in total. The average molecular weight is 315 g/mol. The molecule has 2 heterocycles. The molecule has 6 heteroatoms. The lowest BCUT2D eigenvalue weighted by molar-refractivity contribution is -0.136. The van der Waals surface area contributed by atoms with Crippen molar-refractivity contribution in [3.63, 3.8) is 0 Å². The molecule has 1 aromatic heterocycles. The second-order valence-corrected chi connectivity index (χ2v) is 6.07. The maximum absolute atomic E-state index is 12.6. The first-order valence-electron chi connectivity index (χ1n) is 7.76. The molecule has 23 heavy (non-hydrogen) atoms. The van der Waals surface area contributed by atoms with Crippen LogP contribution < -0.4 is 5.32 Å². The van der Waals surface area contributed by atoms with E-state index in [-0.39, 0.29) is 5.78 Å². The summed E-state index contributed by atoms with van der Waals surface area (Å²) in [7, 11) is 3.22. The van der Waals surface area contributed by atoms with Gasteiger partial charge in [0.15, 0.2) is 5.78 Å². The number of nitrogens with zero attached hydrogens (tertiary/aromatic N) is 2. The number of ether oxygens (including phenoxy) is 1. The molecule has 0 saturated heterocycles. The van der Waals surface area contributed by atoms with Gasteiger partial charge in [0, 0.05) is 41.7 Å². The molecule has 0 radical (unpaired) electrons. The number of hydrogen-bond donors (Lipinski definition) is 1. The van der Waals surface area contributed by atoms with Gasteiger partial charge >= 0.3 is 5.97 Å². The number of hydrogen-bond acceptors (Lipinski definition) is 5. The Hall–Kier alpha value is -2.37. The summed E-state index contributed by atoms with van der Waals surface area (Å²) >= 11 is 0. The summed E-state index contributed by atoms with van der Waals surface area (Å²) in [4.78, 5) is 25.0. The summed E-state index contributed by atoms with van der Waals surface area (Å²) < 4.78 is 6.73. The number of esters is 1. The molecule has 1 aliphatic heterocycles. The number of rotatable bonds is 2. The van der Waals surface area contributed by atoms with E-state index >= 15 is 0 Å². The Balaban J connectivity index is 2.23. The lowest BCUT2D eigenvalue weighted by atomic mass is 9.75. The number of methoxy groups -OCH3 is 1. The van der Waals surface area contributed by atoms with Gasteiger partial charge in [-0.1, -0.05) is 0 Å². The molecule has 0 saturated carbocycles. The Bertz CT molecular complexity index is 755. The lowest BCUT2D eigenvalue weighted by Gasteiger charge is -2.33. The molecule has 0 amide bonds. The zero-order chi connectivity index (χ0) is 16.7. The molecule has 0 aromatic carbocycles. The number of carbonyl (C=O) groups excluding carboxylic acids is 2. The lowest BCUT2D eigenvalue weighted by Crippen LogP contribution is -2.34. The summed E-state index contributed by atoms with van der Waals surface area (Å²) in [5, 5.41) is 7.54. The highest BCUT2D eigenvalue weighted by Crippen LogP contribution is 2.43. The van der Waals surface area contributed by atoms with Crippen LogP contribution in [0.5, 0.6) is 0 Å². The Kier molecular flexibility index (Phi) is 3.83. The highest BCUT2D eigenvalue weighted by Gasteiger charge is 2.40. The molecule has 0 spiro atoms. The number of Topliss-reactive ketones (excluding diaryl/α,β-unsaturated/α-hetero) is 1. The van der Waals surface area contributed by atoms with Crippen molar-refractivity contribution < 1.29 is 14.3 Å². The van der Waals surface area contributed by atoms with Crippen LogP contribution in [-0.2, 0) is 21.4 Å². The summed E-state index contributed by atoms with van der Waals surface area (Å²) in [5.74, 6) is -0.714. The Morgan fingerprint density at radius 2 is 2.13 bits per heavy atom. The number of carbonyl (C=O) groups is 2. The van der Waals surface area contributed by atoms with Crippen LogP contribution in [0.25, 0.3) is 0 Å². The van der Waals surface area contributed by atoms with Gasteiger partial charge in [0.1, 0.15) is 0 Å². The zero-order valence-electron chi connectivity index (χ0n) is 13.9. The fourth-order valence-corrected chi connectivity index (χ4v) is 3.47. The predicted octanol–water partition coefficient (Wildman–Crippen LogP) is 1.87. The molecular weight excluding hydrogens is 294 g/mol. The first-order valence-corrected chi connectivity index (χ1v) is 7.76. The van der Waals surface area contributed by atoms with Gasteiger partial charge < -0.3 is 10.1 Å². The van der Waals surface area contributed by atoms with Crippen molar-refractivity contribution in [2.75, 3.05) is 7.11 Å². The minimum absolute atomic E-state index is 0.0981. The van der Waals surface area contributed by atoms with E-state index in [2.05, 4.69) is 10.4 Å². The van der Waals surface area contributed by atoms with Crippen molar-refractivity contribution in [2.24, 2.45) is 7.05 Å². The monoisotopic (exact) mass is 315 g/mol. The van der Waals surface area contributed by atoms with Crippen LogP contribution in [0.15, 0.2) is 28.7 Å². The molecule has 1 atom stereocenters. The Morgan fingerprint density at radius 3 is 2.74 bits per heavy atom. The van der Waals surface area contributed by atoms with E-state index in [9.17, 15) is 9.59 Å². The van der Waals surface area contributed by atoms with E-state index in [0.717, 1.165) is 35.5 Å². The van der Waals surface area contributed by atoms with Crippen molar-refractivity contribution in [3.8, 4) is 0 Å². The molecule has 1 aromatic rings. The van der Waals surface area contributed by atoms with Crippen molar-refractivity contribution >= 4 is 11.8 Å². The predicted molar refractivity (Wildman–Crippen MR) is 84.4 cm³/mol. The van der Waals surface area contributed by atoms with E-state index in [4.69, 9.17) is 4.74 Å². The van der Waals surface area contributed by atoms with Gasteiger partial charge in [-0.25, -0.2) is 4.79 Å². The fourth-order valence-electron chi connectivity index (χ4n) is 3.47. The van der Waals surface area contributed by atoms with E-state index < -0.39 is 11.9 Å². The third-order valence-electron chi connectivity index (χ3n) is 4.77. The van der Waals surface area contributed by atoms with Crippen LogP contribution in [-0.4, -0.2) is 28.6 Å². The maximum atomic E-state index is 12.6. The summed E-state index contributed by atoms with van der Waals surface area (Å²) in [5.41, 5.74) is 4.70. The van der Waals surface area contributed by atoms with Crippen LogP contribution >= 0.6 is 0 Å². The smallest absolute Gasteiger partial charge is 0.336 e. The van der Waals surface area contributed by atoms with Gasteiger partial charge in [0.05, 0.1) is 24.8 Å². The van der Waals surface area contributed by atoms with Crippen molar-refractivity contribution in [1.82, 2.24) is 15.1 Å². The molecule has 2 aliphatic rings. The zero-order valence-corrected chi connectivity index (χ0v) is 13.9. The largest absolute Gasteiger partial charge is 0.466 e. The van der Waals surface area contributed by atoms with Crippen LogP contribution in [0.1, 0.15) is 43.4 Å². The molecule has 1 aliphatic carbocycles. The minimum Gasteiger partial charge on any atom is -0.466 e. The molecule has 0 unspecified atom stereocenters. The Labute approximate surface area is 135 Å². The summed E-state index contributed by atoms with van der Waals surface area (Å²) in [6.45, 7) is 3.80. The highest BCUT2D eigenvalue weighted by molar-refractivity contribution is 6.03. The third-order valence-corrected chi connectivity index (χ3v) is 4.77. The molecule has 3 rings (SSSR count). The molecular formula is C17H21N3O3. The molecule has 122 valence electrons. The number of aryl methyl sites for hydroxylation is 1. The molecule has 0 bridgehead atoms. The van der Waals surface area contributed by atoms with Crippen molar-refractivity contribution in [1.29, 1.82) is 0 Å². The van der Waals surface area contributed by atoms with Gasteiger partial charge in [-0.15, -0.1) is 0 Å². The van der Waals surface area contributed by atoms with Crippen LogP contribution in [0, 0.1) is 6.92 Å². The number of allylic oxidation sites excluding steroid dienone is 3. The van der Waals surface area contributed by atoms with Crippen molar-refractivity contribution in [2.45, 2.75) is 39.0 Å². The number of ketones is 1. The number of aromatic nitrogens is 2. The standard InChI is InChI=1S/C17H21N3O3/c1-9-14(17(22)23-4)15(11-8-18-20(3)10(11)2)16-12(19-9)6-5-7-13(16)21/h8,15,19H,5-7H2,1-4H3/t15-/m1/s1. The van der Waals surface area contributed by atoms with E-state index in [1.165, 1.54) is 7.11 Å². The Morgan fingerprint density at radius 1 is 1.39 bits per heavy atom. The van der Waals surface area contributed by atoms with Gasteiger partial charge in [-0.2, -0.15) is 5.10 Å². The van der Waals surface area contributed by atoms with Gasteiger partial charge in [0.25, 0.3) is 0 Å². The second-order valence-electron chi connectivity index (χ2n) is 6.07.